The fourth-order valence-electron chi connectivity index (χ4n) is 3.72. The zero-order valence-corrected chi connectivity index (χ0v) is 19.7. The van der Waals surface area contributed by atoms with E-state index in [9.17, 15) is 4.79 Å². The topological polar surface area (TPSA) is 57.2 Å². The van der Waals surface area contributed by atoms with E-state index in [1.807, 2.05) is 72.8 Å². The maximum Gasteiger partial charge on any atom is 0.266 e. The van der Waals surface area contributed by atoms with Gasteiger partial charge in [-0.3, -0.25) is 9.69 Å². The van der Waals surface area contributed by atoms with E-state index in [1.54, 1.807) is 33.3 Å². The molecule has 1 aliphatic rings. The Balaban J connectivity index is 1.85. The van der Waals surface area contributed by atoms with Gasteiger partial charge in [-0.2, -0.15) is 0 Å². The van der Waals surface area contributed by atoms with Crippen molar-refractivity contribution in [2.24, 2.45) is 0 Å². The molecule has 1 amide bonds. The van der Waals surface area contributed by atoms with Crippen LogP contribution in [0.15, 0.2) is 71.6 Å². The molecule has 0 aromatic heterocycles. The van der Waals surface area contributed by atoms with Gasteiger partial charge in [0.15, 0.2) is 11.5 Å². The summed E-state index contributed by atoms with van der Waals surface area (Å²) in [4.78, 5) is 16.0. The van der Waals surface area contributed by atoms with Crippen molar-refractivity contribution >= 4 is 29.4 Å². The second-order valence-corrected chi connectivity index (χ2v) is 8.35. The summed E-state index contributed by atoms with van der Waals surface area (Å²) in [6, 6.07) is 21.0. The normalized spacial score (nSPS) is 16.7. The highest BCUT2D eigenvalue weighted by Gasteiger charge is 2.39. The smallest absolute Gasteiger partial charge is 0.266 e. The average Bonchev–Trinajstić information content (AvgIpc) is 3.19. The number of carbonyl (C=O) groups is 1. The molecule has 0 saturated carbocycles. The molecule has 6 nitrogen and oxygen atoms in total. The first-order valence-electron chi connectivity index (χ1n) is 10.3. The van der Waals surface area contributed by atoms with Crippen LogP contribution in [0, 0.1) is 0 Å². The summed E-state index contributed by atoms with van der Waals surface area (Å²) < 4.78 is 22.0. The van der Waals surface area contributed by atoms with E-state index in [2.05, 4.69) is 0 Å². The van der Waals surface area contributed by atoms with E-state index in [0.717, 1.165) is 16.8 Å². The molecular weight excluding hydrogens is 438 g/mol. The zero-order chi connectivity index (χ0) is 23.4. The van der Waals surface area contributed by atoms with E-state index in [1.165, 1.54) is 11.8 Å². The van der Waals surface area contributed by atoms with Crippen LogP contribution >= 0.6 is 11.8 Å². The van der Waals surface area contributed by atoms with Gasteiger partial charge in [0.1, 0.15) is 11.1 Å². The second kappa shape index (κ2) is 9.92. The largest absolute Gasteiger partial charge is 0.497 e. The number of ether oxygens (including phenoxy) is 4. The Morgan fingerprint density at radius 1 is 0.818 bits per heavy atom. The molecule has 1 aliphatic heterocycles. The molecule has 170 valence electrons. The van der Waals surface area contributed by atoms with E-state index in [4.69, 9.17) is 18.9 Å². The Labute approximate surface area is 197 Å². The molecule has 1 fully saturated rings. The van der Waals surface area contributed by atoms with Crippen LogP contribution in [-0.2, 0) is 4.79 Å². The van der Waals surface area contributed by atoms with Gasteiger partial charge in [-0.05, 0) is 41.5 Å². The minimum atomic E-state index is -0.340. The lowest BCUT2D eigenvalue weighted by atomic mass is 10.1. The predicted molar refractivity (Wildman–Crippen MR) is 131 cm³/mol. The van der Waals surface area contributed by atoms with Crippen molar-refractivity contribution in [2.45, 2.75) is 5.37 Å². The fourth-order valence-corrected chi connectivity index (χ4v) is 4.96. The first-order valence-corrected chi connectivity index (χ1v) is 11.2. The molecule has 0 bridgehead atoms. The summed E-state index contributed by atoms with van der Waals surface area (Å²) in [5, 5.41) is -0.340. The Morgan fingerprint density at radius 3 is 2.12 bits per heavy atom. The van der Waals surface area contributed by atoms with E-state index >= 15 is 0 Å². The van der Waals surface area contributed by atoms with Crippen LogP contribution in [0.1, 0.15) is 16.5 Å². The summed E-state index contributed by atoms with van der Waals surface area (Å²) in [6.07, 6.45) is 1.91. The molecule has 4 rings (SSSR count). The summed E-state index contributed by atoms with van der Waals surface area (Å²) >= 11 is 1.48. The van der Waals surface area contributed by atoms with Crippen molar-refractivity contribution in [3.8, 4) is 23.0 Å². The Bertz CT molecular complexity index is 1150. The van der Waals surface area contributed by atoms with E-state index in [-0.39, 0.29) is 11.3 Å². The highest BCUT2D eigenvalue weighted by atomic mass is 32.2. The van der Waals surface area contributed by atoms with Crippen LogP contribution < -0.4 is 23.8 Å². The number of amides is 1. The highest BCUT2D eigenvalue weighted by Crippen LogP contribution is 2.51. The van der Waals surface area contributed by atoms with Crippen LogP contribution in [0.25, 0.3) is 6.08 Å². The first kappa shape index (κ1) is 22.6. The summed E-state index contributed by atoms with van der Waals surface area (Å²) in [7, 11) is 6.33. The lowest BCUT2D eigenvalue weighted by molar-refractivity contribution is -0.114. The quantitative estimate of drug-likeness (QED) is 0.429. The molecule has 1 saturated heterocycles. The van der Waals surface area contributed by atoms with Crippen molar-refractivity contribution in [3.05, 3.63) is 82.8 Å². The van der Waals surface area contributed by atoms with Crippen LogP contribution in [0.5, 0.6) is 23.0 Å². The zero-order valence-electron chi connectivity index (χ0n) is 18.9. The molecule has 0 aliphatic carbocycles. The summed E-state index contributed by atoms with van der Waals surface area (Å²) in [6.45, 7) is 0. The predicted octanol–water partition coefficient (Wildman–Crippen LogP) is 5.54. The highest BCUT2D eigenvalue weighted by molar-refractivity contribution is 8.05. The van der Waals surface area contributed by atoms with Gasteiger partial charge < -0.3 is 18.9 Å². The molecule has 0 N–H and O–H groups in total. The van der Waals surface area contributed by atoms with Crippen molar-refractivity contribution in [3.63, 3.8) is 0 Å². The lowest BCUT2D eigenvalue weighted by Gasteiger charge is -2.25. The standard InChI is InChI=1S/C26H25NO5S/c1-29-20-12-8-11-19(16-20)27-25(28)23(13-17-9-6-5-7-10-17)33-26(27)18-14-21(30-2)24(32-4)22(15-18)31-3/h5-16,26H,1-4H3/b23-13-. The van der Waals surface area contributed by atoms with Gasteiger partial charge in [-0.15, -0.1) is 0 Å². The van der Waals surface area contributed by atoms with Crippen LogP contribution in [0.4, 0.5) is 5.69 Å². The van der Waals surface area contributed by atoms with Gasteiger partial charge in [-0.25, -0.2) is 0 Å². The maximum absolute atomic E-state index is 13.6. The Hall–Kier alpha value is -3.58. The minimum Gasteiger partial charge on any atom is -0.497 e. The number of thioether (sulfide) groups is 1. The maximum atomic E-state index is 13.6. The number of carbonyl (C=O) groups excluding carboxylic acids is 1. The number of rotatable bonds is 7. The fraction of sp³-hybridized carbons (Fsp3) is 0.192. The number of hydrogen-bond donors (Lipinski definition) is 0. The summed E-state index contributed by atoms with van der Waals surface area (Å²) in [5.74, 6) is 2.16. The second-order valence-electron chi connectivity index (χ2n) is 7.22. The van der Waals surface area contributed by atoms with Gasteiger partial charge in [0, 0.05) is 11.8 Å². The van der Waals surface area contributed by atoms with Crippen molar-refractivity contribution in [2.75, 3.05) is 33.3 Å². The van der Waals surface area contributed by atoms with Gasteiger partial charge in [0.2, 0.25) is 5.75 Å². The molecule has 1 heterocycles. The third-order valence-electron chi connectivity index (χ3n) is 5.30. The number of nitrogens with zero attached hydrogens (tertiary/aromatic N) is 1. The van der Waals surface area contributed by atoms with Crippen molar-refractivity contribution in [1.29, 1.82) is 0 Å². The Kier molecular flexibility index (Phi) is 6.79. The number of hydrogen-bond acceptors (Lipinski definition) is 6. The Morgan fingerprint density at radius 2 is 1.52 bits per heavy atom. The summed E-state index contributed by atoms with van der Waals surface area (Å²) in [5.41, 5.74) is 2.55. The molecule has 0 spiro atoms. The monoisotopic (exact) mass is 463 g/mol. The third-order valence-corrected chi connectivity index (χ3v) is 6.56. The first-order chi connectivity index (χ1) is 16.1. The molecule has 7 heteroatoms. The lowest BCUT2D eigenvalue weighted by Crippen LogP contribution is -2.27. The molecule has 3 aromatic rings. The number of methoxy groups -OCH3 is 4. The average molecular weight is 464 g/mol. The van der Waals surface area contributed by atoms with Gasteiger partial charge in [0.25, 0.3) is 5.91 Å². The number of benzene rings is 3. The molecule has 1 unspecified atom stereocenters. The molecule has 1 atom stereocenters. The molecular formula is C26H25NO5S. The SMILES string of the molecule is COc1cccc(N2C(=O)/C(=C/c3ccccc3)SC2c2cc(OC)c(OC)c(OC)c2)c1. The molecule has 33 heavy (non-hydrogen) atoms. The van der Waals surface area contributed by atoms with Crippen molar-refractivity contribution < 1.29 is 23.7 Å². The minimum absolute atomic E-state index is 0.0872. The third kappa shape index (κ3) is 4.50. The van der Waals surface area contributed by atoms with Crippen LogP contribution in [-0.4, -0.2) is 34.3 Å². The van der Waals surface area contributed by atoms with Crippen LogP contribution in [0.2, 0.25) is 0 Å². The van der Waals surface area contributed by atoms with Gasteiger partial charge in [0.05, 0.1) is 33.3 Å². The molecule has 0 radical (unpaired) electrons. The van der Waals surface area contributed by atoms with Crippen molar-refractivity contribution in [1.82, 2.24) is 0 Å². The molecule has 3 aromatic carbocycles. The van der Waals surface area contributed by atoms with E-state index in [0.29, 0.717) is 27.9 Å². The van der Waals surface area contributed by atoms with Gasteiger partial charge in [-0.1, -0.05) is 48.2 Å². The van der Waals surface area contributed by atoms with Crippen LogP contribution in [0.3, 0.4) is 0 Å². The van der Waals surface area contributed by atoms with E-state index < -0.39 is 0 Å². The number of anilines is 1. The van der Waals surface area contributed by atoms with Gasteiger partial charge >= 0.3 is 0 Å².